The van der Waals surface area contributed by atoms with Crippen LogP contribution in [0.4, 0.5) is 0 Å². The molecule has 1 rings (SSSR count). The van der Waals surface area contributed by atoms with Gasteiger partial charge in [-0.3, -0.25) is 18.6 Å². The van der Waals surface area contributed by atoms with E-state index in [-0.39, 0.29) is 18.9 Å². The number of allylic oxidation sites excluding steroid dienone is 14. The van der Waals surface area contributed by atoms with Crippen molar-refractivity contribution in [2.75, 3.05) is 13.2 Å². The van der Waals surface area contributed by atoms with Crippen molar-refractivity contribution >= 4 is 19.8 Å². The molecule has 0 aromatic rings. The molecule has 14 nitrogen and oxygen atoms in total. The Kier molecular flexibility index (Phi) is 33.4. The molecule has 3 unspecified atom stereocenters. The lowest BCUT2D eigenvalue weighted by Crippen LogP contribution is -2.64. The van der Waals surface area contributed by atoms with Gasteiger partial charge in [0.15, 0.2) is 6.10 Å². The first-order valence-electron chi connectivity index (χ1n) is 22.4. The number of carbonyl (C=O) groups is 2. The molecule has 0 saturated heterocycles. The molecule has 15 heteroatoms. The van der Waals surface area contributed by atoms with Crippen LogP contribution in [0.2, 0.25) is 0 Å². The number of carbonyl (C=O) groups excluding carboxylic acids is 2. The fourth-order valence-electron chi connectivity index (χ4n) is 6.07. The Labute approximate surface area is 370 Å². The zero-order chi connectivity index (χ0) is 45.9. The van der Waals surface area contributed by atoms with Gasteiger partial charge in [0.25, 0.3) is 0 Å². The van der Waals surface area contributed by atoms with Gasteiger partial charge >= 0.3 is 19.8 Å². The molecule has 1 aliphatic carbocycles. The Hall–Kier alpha value is -3.01. The van der Waals surface area contributed by atoms with Crippen LogP contribution in [0.5, 0.6) is 0 Å². The number of phosphoric ester groups is 1. The van der Waals surface area contributed by atoms with Crippen LogP contribution >= 0.6 is 7.82 Å². The molecule has 0 aliphatic heterocycles. The third-order valence-corrected chi connectivity index (χ3v) is 10.7. The Balaban J connectivity index is 2.56. The summed E-state index contributed by atoms with van der Waals surface area (Å²) in [6, 6.07) is 0. The predicted octanol–water partition coefficient (Wildman–Crippen LogP) is 7.47. The number of rotatable bonds is 35. The topological polar surface area (TPSA) is 230 Å². The minimum absolute atomic E-state index is 0.00421. The lowest BCUT2D eigenvalue weighted by Gasteiger charge is -2.41. The van der Waals surface area contributed by atoms with Gasteiger partial charge in [-0.2, -0.15) is 0 Å². The zero-order valence-corrected chi connectivity index (χ0v) is 37.9. The fraction of sp³-hybridized carbons (Fsp3) is 0.660. The SMILES string of the molecule is CCCCC/C=C\C/C=C\C/C=C\CCCCC(=O)OC[C@H](COP(=O)(O)OC1[C@H](O)[C@H](O)C(O)[C@H](O)[C@H]1O)OC(=O)CCC/C=C\C/C=C\C/C=C\C/C=C\CCC[C@H](C)O. The van der Waals surface area contributed by atoms with Crippen LogP contribution in [0.1, 0.15) is 136 Å². The van der Waals surface area contributed by atoms with Crippen molar-refractivity contribution in [3.05, 3.63) is 85.1 Å². The molecule has 0 bridgehead atoms. The summed E-state index contributed by atoms with van der Waals surface area (Å²) in [5.41, 5.74) is 0. The molecule has 0 aromatic carbocycles. The highest BCUT2D eigenvalue weighted by Gasteiger charge is 2.51. The van der Waals surface area contributed by atoms with Gasteiger partial charge in [-0.1, -0.05) is 105 Å². The maximum Gasteiger partial charge on any atom is 0.472 e. The van der Waals surface area contributed by atoms with Crippen LogP contribution in [0.25, 0.3) is 0 Å². The Bertz CT molecular complexity index is 1420. The van der Waals surface area contributed by atoms with Crippen LogP contribution in [-0.4, -0.2) is 110 Å². The van der Waals surface area contributed by atoms with Gasteiger partial charge in [0.2, 0.25) is 0 Å². The molecule has 1 aliphatic rings. The van der Waals surface area contributed by atoms with Crippen LogP contribution < -0.4 is 0 Å². The standard InChI is InChI=1S/C47H77O14P/c1-3-4-5-6-7-8-9-10-12-16-19-22-25-28-31-34-40(49)58-36-39(37-59-62(56,57)61-47-45(54)43(52)42(51)44(53)46(47)55)60-41(50)35-32-29-26-23-20-17-14-11-13-15-18-21-24-27-30-33-38(2)48/h7-8,10,12-15,17,19,21-24,26,38-39,42-48,51-55H,3-6,9,11,16,18,20,25,27-37H2,1-2H3,(H,56,57)/b8-7-,12-10-,15-13-,17-14-,22-19-,24-21-,26-23-/t38-,39+,42?,43-,44+,45+,46+,47?/m0/s1. The van der Waals surface area contributed by atoms with Gasteiger partial charge in [-0.05, 0) is 103 Å². The molecule has 62 heavy (non-hydrogen) atoms. The largest absolute Gasteiger partial charge is 0.472 e. The van der Waals surface area contributed by atoms with Gasteiger partial charge in [-0.25, -0.2) is 4.57 Å². The van der Waals surface area contributed by atoms with Crippen molar-refractivity contribution < 1.29 is 68.2 Å². The number of esters is 2. The van der Waals surface area contributed by atoms with Crippen LogP contribution in [0, 0.1) is 0 Å². The summed E-state index contributed by atoms with van der Waals surface area (Å²) in [5, 5.41) is 59.4. The summed E-state index contributed by atoms with van der Waals surface area (Å²) in [6.45, 7) is 2.72. The monoisotopic (exact) mass is 897 g/mol. The normalized spacial score (nSPS) is 23.2. The van der Waals surface area contributed by atoms with E-state index in [0.717, 1.165) is 70.6 Å². The Morgan fingerprint density at radius 3 is 1.47 bits per heavy atom. The van der Waals surface area contributed by atoms with Crippen molar-refractivity contribution in [2.24, 2.45) is 0 Å². The molecular formula is C47H77O14P. The van der Waals surface area contributed by atoms with E-state index in [1.807, 2.05) is 18.2 Å². The molecule has 7 N–H and O–H groups in total. The number of unbranched alkanes of at least 4 members (excludes halogenated alkanes) is 7. The smallest absolute Gasteiger partial charge is 0.462 e. The van der Waals surface area contributed by atoms with E-state index in [0.29, 0.717) is 19.3 Å². The van der Waals surface area contributed by atoms with E-state index in [9.17, 15) is 49.7 Å². The average Bonchev–Trinajstić information content (AvgIpc) is 3.24. The molecule has 9 atom stereocenters. The van der Waals surface area contributed by atoms with Crippen molar-refractivity contribution in [2.45, 2.75) is 185 Å². The summed E-state index contributed by atoms with van der Waals surface area (Å²) in [4.78, 5) is 35.6. The first-order chi connectivity index (χ1) is 29.8. The number of hydrogen-bond acceptors (Lipinski definition) is 13. The summed E-state index contributed by atoms with van der Waals surface area (Å²) in [6.07, 6.45) is 30.6. The molecule has 1 fully saturated rings. The second kappa shape index (κ2) is 36.3. The van der Waals surface area contributed by atoms with Crippen LogP contribution in [0.15, 0.2) is 85.1 Å². The molecule has 0 spiro atoms. The van der Waals surface area contributed by atoms with Crippen LogP contribution in [0.3, 0.4) is 0 Å². The molecule has 0 amide bonds. The Morgan fingerprint density at radius 2 is 0.984 bits per heavy atom. The summed E-state index contributed by atoms with van der Waals surface area (Å²) < 4.78 is 33.4. The van der Waals surface area contributed by atoms with E-state index >= 15 is 0 Å². The van der Waals surface area contributed by atoms with Gasteiger partial charge in [0.1, 0.15) is 43.2 Å². The molecule has 0 aromatic heterocycles. The third-order valence-electron chi connectivity index (χ3n) is 9.73. The van der Waals surface area contributed by atoms with E-state index in [1.165, 1.54) is 19.3 Å². The van der Waals surface area contributed by atoms with Crippen molar-refractivity contribution in [1.29, 1.82) is 0 Å². The first-order valence-corrected chi connectivity index (χ1v) is 23.9. The van der Waals surface area contributed by atoms with E-state index < -0.39 is 75.7 Å². The summed E-state index contributed by atoms with van der Waals surface area (Å²) in [7, 11) is -5.15. The minimum Gasteiger partial charge on any atom is -0.462 e. The number of phosphoric acid groups is 1. The summed E-state index contributed by atoms with van der Waals surface area (Å²) in [5.74, 6) is -1.24. The first kappa shape index (κ1) is 57.0. The summed E-state index contributed by atoms with van der Waals surface area (Å²) >= 11 is 0. The van der Waals surface area contributed by atoms with Gasteiger partial charge < -0.3 is 45.0 Å². The number of hydrogen-bond donors (Lipinski definition) is 7. The number of aliphatic hydroxyl groups excluding tert-OH is 6. The van der Waals surface area contributed by atoms with Crippen molar-refractivity contribution in [1.82, 2.24) is 0 Å². The van der Waals surface area contributed by atoms with Gasteiger partial charge in [0, 0.05) is 12.8 Å². The van der Waals surface area contributed by atoms with Crippen molar-refractivity contribution in [3.63, 3.8) is 0 Å². The highest BCUT2D eigenvalue weighted by Crippen LogP contribution is 2.47. The highest BCUT2D eigenvalue weighted by atomic mass is 31.2. The average molecular weight is 897 g/mol. The molecular weight excluding hydrogens is 819 g/mol. The maximum absolute atomic E-state index is 12.8. The maximum atomic E-state index is 12.8. The highest BCUT2D eigenvalue weighted by molar-refractivity contribution is 7.47. The predicted molar refractivity (Wildman–Crippen MR) is 241 cm³/mol. The van der Waals surface area contributed by atoms with Crippen molar-refractivity contribution in [3.8, 4) is 0 Å². The number of ether oxygens (including phenoxy) is 2. The van der Waals surface area contributed by atoms with E-state index in [2.05, 4.69) is 73.8 Å². The lowest BCUT2D eigenvalue weighted by molar-refractivity contribution is -0.220. The Morgan fingerprint density at radius 1 is 0.565 bits per heavy atom. The van der Waals surface area contributed by atoms with Gasteiger partial charge in [-0.15, -0.1) is 0 Å². The van der Waals surface area contributed by atoms with E-state index in [4.69, 9.17) is 18.5 Å². The molecule has 354 valence electrons. The quantitative estimate of drug-likeness (QED) is 0.0142. The minimum atomic E-state index is -5.15. The molecule has 0 radical (unpaired) electrons. The van der Waals surface area contributed by atoms with E-state index in [1.54, 1.807) is 6.92 Å². The zero-order valence-electron chi connectivity index (χ0n) is 37.0. The fourth-order valence-corrected chi connectivity index (χ4v) is 7.04. The van der Waals surface area contributed by atoms with Crippen LogP contribution in [-0.2, 0) is 32.7 Å². The number of aliphatic hydroxyl groups is 6. The second-order valence-electron chi connectivity index (χ2n) is 15.5. The third kappa shape index (κ3) is 29.4. The molecule has 0 heterocycles. The second-order valence-corrected chi connectivity index (χ2v) is 16.9. The lowest BCUT2D eigenvalue weighted by atomic mass is 9.85. The van der Waals surface area contributed by atoms with Gasteiger partial charge in [0.05, 0.1) is 12.7 Å². The molecule has 1 saturated carbocycles.